The zero-order chi connectivity index (χ0) is 26.7. The molecule has 0 aromatic heterocycles. The number of methoxy groups -OCH3 is 1. The third-order valence-electron chi connectivity index (χ3n) is 4.64. The smallest absolute Gasteiger partial charge is 0.373 e. The number of nitrogens with one attached hydrogen (secondary N) is 1. The van der Waals surface area contributed by atoms with Crippen LogP contribution in [0.5, 0.6) is 0 Å². The Morgan fingerprint density at radius 1 is 1.14 bits per heavy atom. The van der Waals surface area contributed by atoms with Crippen LogP contribution in [0.4, 0.5) is 0 Å². The third-order valence-corrected chi connectivity index (χ3v) is 4.64. The topological polar surface area (TPSA) is 192 Å². The van der Waals surface area contributed by atoms with Crippen LogP contribution in [0.25, 0.3) is 10.4 Å². The molecule has 1 rings (SSSR count). The van der Waals surface area contributed by atoms with Crippen molar-refractivity contribution in [1.82, 2.24) is 5.32 Å². The van der Waals surface area contributed by atoms with Crippen molar-refractivity contribution in [3.05, 3.63) is 34.4 Å². The number of hydrogen-bond donors (Lipinski definition) is 1. The molecule has 1 heterocycles. The molecular formula is C21H28N4O10. The summed E-state index contributed by atoms with van der Waals surface area (Å²) in [5.74, 6) is -4.27. The van der Waals surface area contributed by atoms with Crippen molar-refractivity contribution >= 4 is 29.8 Å². The Balaban J connectivity index is 3.81. The standard InChI is InChI=1S/C21H28N4O10/c1-7-8-14-16(24-25-22)17(23-10(2)26)20(35-18(14)21(30)31-6)19(34-13(5)29)15(33-12(4)28)9-32-11(3)27/h7,15-17,19-20H,1,8-9H2,2-6H3,(H,23,26)/t15-,16+,17-,19-,20-/m1/s1. The highest BCUT2D eigenvalue weighted by Crippen LogP contribution is 2.34. The zero-order valence-corrected chi connectivity index (χ0v) is 20.0. The van der Waals surface area contributed by atoms with Gasteiger partial charge in [0.05, 0.1) is 19.2 Å². The molecule has 0 unspecified atom stereocenters. The van der Waals surface area contributed by atoms with Gasteiger partial charge in [-0.05, 0) is 17.5 Å². The van der Waals surface area contributed by atoms with E-state index in [1.807, 2.05) is 0 Å². The Kier molecular flexibility index (Phi) is 11.3. The number of carbonyl (C=O) groups excluding carboxylic acids is 5. The van der Waals surface area contributed by atoms with Crippen LogP contribution < -0.4 is 5.32 Å². The van der Waals surface area contributed by atoms with E-state index in [0.717, 1.165) is 27.9 Å². The molecule has 35 heavy (non-hydrogen) atoms. The van der Waals surface area contributed by atoms with E-state index < -0.39 is 66.8 Å². The van der Waals surface area contributed by atoms with E-state index in [1.54, 1.807) is 0 Å². The summed E-state index contributed by atoms with van der Waals surface area (Å²) < 4.78 is 26.2. The van der Waals surface area contributed by atoms with Gasteiger partial charge in [-0.25, -0.2) is 4.79 Å². The number of azide groups is 1. The molecule has 0 saturated carbocycles. The molecule has 0 bridgehead atoms. The van der Waals surface area contributed by atoms with Crippen LogP contribution in [0.1, 0.15) is 34.1 Å². The maximum atomic E-state index is 12.6. The number of ether oxygens (including phenoxy) is 5. The second kappa shape index (κ2) is 13.6. The highest BCUT2D eigenvalue weighted by Gasteiger charge is 2.50. The molecule has 192 valence electrons. The lowest BCUT2D eigenvalue weighted by Gasteiger charge is -2.42. The van der Waals surface area contributed by atoms with Crippen molar-refractivity contribution in [3.8, 4) is 0 Å². The zero-order valence-electron chi connectivity index (χ0n) is 20.0. The SMILES string of the molecule is C=CCC1=C(C(=O)OC)O[C@@H]([C@H](OC(C)=O)[C@@H](COC(C)=O)OC(C)=O)[C@H](NC(C)=O)[C@H]1N=[N+]=[N-]. The Bertz CT molecular complexity index is 940. The third kappa shape index (κ3) is 8.34. The van der Waals surface area contributed by atoms with E-state index >= 15 is 0 Å². The fraction of sp³-hybridized carbons (Fsp3) is 0.571. The van der Waals surface area contributed by atoms with Crippen molar-refractivity contribution in [2.45, 2.75) is 64.5 Å². The van der Waals surface area contributed by atoms with Gasteiger partial charge in [-0.15, -0.1) is 6.58 Å². The predicted molar refractivity (Wildman–Crippen MR) is 117 cm³/mol. The van der Waals surface area contributed by atoms with Crippen LogP contribution in [0.2, 0.25) is 0 Å². The average Bonchev–Trinajstić information content (AvgIpc) is 2.76. The van der Waals surface area contributed by atoms with E-state index in [0.29, 0.717) is 0 Å². The first kappa shape index (κ1) is 29.0. The van der Waals surface area contributed by atoms with E-state index in [2.05, 4.69) is 21.9 Å². The number of allylic oxidation sites excluding steroid dienone is 1. The number of hydrogen-bond acceptors (Lipinski definition) is 11. The van der Waals surface area contributed by atoms with Crippen LogP contribution in [0.15, 0.2) is 29.1 Å². The van der Waals surface area contributed by atoms with Crippen molar-refractivity contribution in [1.29, 1.82) is 0 Å². The average molecular weight is 496 g/mol. The first-order valence-corrected chi connectivity index (χ1v) is 10.3. The Hall–Kier alpha value is -4.06. The van der Waals surface area contributed by atoms with Crippen LogP contribution in [-0.2, 0) is 47.7 Å². The maximum absolute atomic E-state index is 12.6. The molecule has 14 heteroatoms. The summed E-state index contributed by atoms with van der Waals surface area (Å²) in [5, 5.41) is 6.30. The molecule has 1 aliphatic heterocycles. The van der Waals surface area contributed by atoms with Crippen molar-refractivity contribution in [2.24, 2.45) is 5.11 Å². The summed E-state index contributed by atoms with van der Waals surface area (Å²) in [6.45, 7) is 7.48. The van der Waals surface area contributed by atoms with Crippen molar-refractivity contribution in [2.75, 3.05) is 13.7 Å². The number of nitrogens with zero attached hydrogens (tertiary/aromatic N) is 3. The van der Waals surface area contributed by atoms with Gasteiger partial charge in [0.15, 0.2) is 18.3 Å². The predicted octanol–water partition coefficient (Wildman–Crippen LogP) is 0.999. The van der Waals surface area contributed by atoms with Gasteiger partial charge >= 0.3 is 23.9 Å². The summed E-state index contributed by atoms with van der Waals surface area (Å²) in [5.41, 5.74) is 9.35. The van der Waals surface area contributed by atoms with Gasteiger partial charge < -0.3 is 29.0 Å². The minimum atomic E-state index is -1.53. The molecule has 1 amide bonds. The number of esters is 4. The minimum Gasteiger partial charge on any atom is -0.477 e. The normalized spacial score (nSPS) is 20.7. The Labute approximate surface area is 201 Å². The molecule has 0 aromatic carbocycles. The lowest BCUT2D eigenvalue weighted by Crippen LogP contribution is -2.62. The molecule has 0 radical (unpaired) electrons. The Morgan fingerprint density at radius 3 is 2.23 bits per heavy atom. The maximum Gasteiger partial charge on any atom is 0.373 e. The highest BCUT2D eigenvalue weighted by atomic mass is 16.6. The molecule has 0 spiro atoms. The quantitative estimate of drug-likeness (QED) is 0.108. The molecule has 14 nitrogen and oxygen atoms in total. The molecule has 0 aliphatic carbocycles. The van der Waals surface area contributed by atoms with E-state index in [9.17, 15) is 29.5 Å². The van der Waals surface area contributed by atoms with Gasteiger partial charge in [-0.1, -0.05) is 11.2 Å². The lowest BCUT2D eigenvalue weighted by molar-refractivity contribution is -0.188. The lowest BCUT2D eigenvalue weighted by atomic mass is 9.86. The molecule has 1 N–H and O–H groups in total. The summed E-state index contributed by atoms with van der Waals surface area (Å²) in [4.78, 5) is 62.6. The summed E-state index contributed by atoms with van der Waals surface area (Å²) >= 11 is 0. The monoisotopic (exact) mass is 496 g/mol. The van der Waals surface area contributed by atoms with Gasteiger partial charge in [-0.2, -0.15) is 0 Å². The number of amides is 1. The van der Waals surface area contributed by atoms with Crippen molar-refractivity contribution < 1.29 is 47.7 Å². The molecule has 0 aromatic rings. The van der Waals surface area contributed by atoms with E-state index in [-0.39, 0.29) is 17.8 Å². The first-order chi connectivity index (χ1) is 16.5. The number of carbonyl (C=O) groups is 5. The van der Waals surface area contributed by atoms with Gasteiger partial charge in [0.25, 0.3) is 0 Å². The highest BCUT2D eigenvalue weighted by molar-refractivity contribution is 5.88. The van der Waals surface area contributed by atoms with Gasteiger partial charge in [0, 0.05) is 32.6 Å². The molecule has 1 aliphatic rings. The van der Waals surface area contributed by atoms with Gasteiger partial charge in [-0.3, -0.25) is 19.2 Å². The van der Waals surface area contributed by atoms with Crippen molar-refractivity contribution in [3.63, 3.8) is 0 Å². The largest absolute Gasteiger partial charge is 0.477 e. The van der Waals surface area contributed by atoms with Crippen LogP contribution in [0.3, 0.4) is 0 Å². The fourth-order valence-electron chi connectivity index (χ4n) is 3.48. The first-order valence-electron chi connectivity index (χ1n) is 10.3. The summed E-state index contributed by atoms with van der Waals surface area (Å²) in [7, 11) is 1.09. The van der Waals surface area contributed by atoms with Crippen LogP contribution >= 0.6 is 0 Å². The van der Waals surface area contributed by atoms with Crippen LogP contribution in [0, 0.1) is 0 Å². The summed E-state index contributed by atoms with van der Waals surface area (Å²) in [6, 6.07) is -2.44. The van der Waals surface area contributed by atoms with Gasteiger partial charge in [0.2, 0.25) is 11.7 Å². The van der Waals surface area contributed by atoms with Gasteiger partial charge in [0.1, 0.15) is 6.61 Å². The number of rotatable bonds is 11. The Morgan fingerprint density at radius 2 is 1.77 bits per heavy atom. The molecule has 5 atom stereocenters. The fourth-order valence-corrected chi connectivity index (χ4v) is 3.48. The second-order valence-electron chi connectivity index (χ2n) is 7.32. The van der Waals surface area contributed by atoms with E-state index in [4.69, 9.17) is 23.7 Å². The molecule has 0 saturated heterocycles. The molecule has 0 fully saturated rings. The second-order valence-corrected chi connectivity index (χ2v) is 7.32. The minimum absolute atomic E-state index is 0.00990. The van der Waals surface area contributed by atoms with Crippen LogP contribution in [-0.4, -0.2) is 73.9 Å². The molecular weight excluding hydrogens is 468 g/mol. The summed E-state index contributed by atoms with van der Waals surface area (Å²) in [6.07, 6.45) is -2.99. The van der Waals surface area contributed by atoms with E-state index in [1.165, 1.54) is 13.0 Å².